The molecule has 3 amide bonds. The number of hydrogen-bond acceptors (Lipinski definition) is 5. The van der Waals surface area contributed by atoms with E-state index in [1.54, 1.807) is 39.8 Å². The number of benzene rings is 2. The molecule has 3 aliphatic heterocycles. The highest BCUT2D eigenvalue weighted by atomic mass is 35.5. The Kier molecular flexibility index (Phi) is 10.7. The molecule has 246 valence electrons. The van der Waals surface area contributed by atoms with Crippen molar-refractivity contribution in [2.24, 2.45) is 11.8 Å². The highest BCUT2D eigenvalue weighted by Crippen LogP contribution is 2.71. The zero-order chi connectivity index (χ0) is 33.1. The first kappa shape index (κ1) is 34.3. The Morgan fingerprint density at radius 3 is 2.41 bits per heavy atom. The number of carbonyl (C=O) groups excluding carboxylic acids is 3. The number of unbranched alkanes of at least 4 members (excludes halogenated alkanes) is 3. The number of thioether (sulfide) groups is 1. The number of aryl methyl sites for hydroxylation is 1. The largest absolute Gasteiger partial charge is 0.396 e. The number of para-hydroxylation sites is 1. The molecule has 0 aromatic heterocycles. The third-order valence-electron chi connectivity index (χ3n) is 10.00. The molecule has 5 rings (SSSR count). The van der Waals surface area contributed by atoms with E-state index in [1.807, 2.05) is 54.3 Å². The molecule has 46 heavy (non-hydrogen) atoms. The van der Waals surface area contributed by atoms with Crippen LogP contribution in [0.1, 0.15) is 56.6 Å². The summed E-state index contributed by atoms with van der Waals surface area (Å²) < 4.78 is -1.22. The van der Waals surface area contributed by atoms with Crippen LogP contribution in [0.15, 0.2) is 73.8 Å². The van der Waals surface area contributed by atoms with Crippen molar-refractivity contribution in [3.63, 3.8) is 0 Å². The van der Waals surface area contributed by atoms with Gasteiger partial charge in [-0.3, -0.25) is 14.4 Å². The van der Waals surface area contributed by atoms with Crippen LogP contribution in [0.5, 0.6) is 0 Å². The van der Waals surface area contributed by atoms with Crippen LogP contribution in [0, 0.1) is 18.8 Å². The first-order valence-electron chi connectivity index (χ1n) is 16.4. The summed E-state index contributed by atoms with van der Waals surface area (Å²) in [6.45, 7) is 13.5. The van der Waals surface area contributed by atoms with Crippen molar-refractivity contribution in [1.29, 1.82) is 0 Å². The van der Waals surface area contributed by atoms with Crippen LogP contribution in [0.2, 0.25) is 5.02 Å². The van der Waals surface area contributed by atoms with Gasteiger partial charge in [0.2, 0.25) is 11.8 Å². The minimum Gasteiger partial charge on any atom is -0.396 e. The quantitative estimate of drug-likeness (QED) is 0.176. The zero-order valence-electron chi connectivity index (χ0n) is 27.0. The van der Waals surface area contributed by atoms with Gasteiger partial charge in [0.25, 0.3) is 5.91 Å². The van der Waals surface area contributed by atoms with Gasteiger partial charge in [-0.1, -0.05) is 79.1 Å². The van der Waals surface area contributed by atoms with Gasteiger partial charge in [0.1, 0.15) is 6.04 Å². The van der Waals surface area contributed by atoms with Crippen LogP contribution in [-0.4, -0.2) is 74.4 Å². The number of nitrogens with zero attached hydrogens (tertiary/aromatic N) is 3. The Hall–Kier alpha value is -3.07. The van der Waals surface area contributed by atoms with Gasteiger partial charge in [0.05, 0.1) is 27.3 Å². The molecule has 3 fully saturated rings. The summed E-state index contributed by atoms with van der Waals surface area (Å²) in [4.78, 5) is 49.6. The fourth-order valence-electron chi connectivity index (χ4n) is 7.99. The number of fused-ring (bicyclic) bond motifs is 1. The number of aliphatic hydroxyl groups excluding tert-OH is 1. The molecule has 0 radical (unpaired) electrons. The maximum atomic E-state index is 15.0. The van der Waals surface area contributed by atoms with Gasteiger partial charge in [0, 0.05) is 37.5 Å². The number of amides is 3. The molecule has 0 aliphatic carbocycles. The Labute approximate surface area is 282 Å². The minimum atomic E-state index is -0.745. The highest BCUT2D eigenvalue weighted by molar-refractivity contribution is 8.02. The van der Waals surface area contributed by atoms with Crippen molar-refractivity contribution in [2.45, 2.75) is 74.5 Å². The van der Waals surface area contributed by atoms with Crippen LogP contribution >= 0.6 is 23.4 Å². The SMILES string of the molecule is C=CCN(Cc1ccccc1)C(=O)[C@H]1[C@H]2C(=O)N(CCCCCCO)C(C(=O)N(CC=C)c3c(C)cccc3Cl)C23CC[C@]1(C)S3. The average molecular weight is 664 g/mol. The van der Waals surface area contributed by atoms with Crippen LogP contribution < -0.4 is 4.90 Å². The van der Waals surface area contributed by atoms with Gasteiger partial charge < -0.3 is 19.8 Å². The van der Waals surface area contributed by atoms with Gasteiger partial charge in [-0.2, -0.15) is 0 Å². The third kappa shape index (κ3) is 6.16. The van der Waals surface area contributed by atoms with E-state index in [2.05, 4.69) is 20.1 Å². The molecule has 2 bridgehead atoms. The lowest BCUT2D eigenvalue weighted by atomic mass is 9.66. The molecular weight excluding hydrogens is 618 g/mol. The number of rotatable bonds is 15. The zero-order valence-corrected chi connectivity index (χ0v) is 28.6. The summed E-state index contributed by atoms with van der Waals surface area (Å²) in [5.74, 6) is -1.52. The lowest BCUT2D eigenvalue weighted by molar-refractivity contribution is -0.145. The smallest absolute Gasteiger partial charge is 0.251 e. The second-order valence-electron chi connectivity index (χ2n) is 13.0. The van der Waals surface area contributed by atoms with Crippen molar-refractivity contribution in [3.8, 4) is 0 Å². The Balaban J connectivity index is 1.55. The Bertz CT molecular complexity index is 1450. The van der Waals surface area contributed by atoms with E-state index in [1.165, 1.54) is 0 Å². The molecule has 2 aromatic carbocycles. The first-order valence-corrected chi connectivity index (χ1v) is 17.6. The van der Waals surface area contributed by atoms with Gasteiger partial charge in [-0.25, -0.2) is 0 Å². The van der Waals surface area contributed by atoms with Crippen molar-refractivity contribution in [1.82, 2.24) is 9.80 Å². The summed E-state index contributed by atoms with van der Waals surface area (Å²) >= 11 is 8.41. The lowest BCUT2D eigenvalue weighted by Crippen LogP contribution is -2.55. The van der Waals surface area contributed by atoms with E-state index in [0.717, 1.165) is 30.4 Å². The molecule has 3 heterocycles. The van der Waals surface area contributed by atoms with E-state index in [9.17, 15) is 19.5 Å². The van der Waals surface area contributed by atoms with E-state index in [0.29, 0.717) is 49.6 Å². The maximum absolute atomic E-state index is 15.0. The van der Waals surface area contributed by atoms with Crippen LogP contribution in [-0.2, 0) is 20.9 Å². The fourth-order valence-corrected chi connectivity index (χ4v) is 10.7. The molecule has 7 nitrogen and oxygen atoms in total. The molecule has 9 heteroatoms. The van der Waals surface area contributed by atoms with E-state index >= 15 is 0 Å². The molecule has 5 atom stereocenters. The summed E-state index contributed by atoms with van der Waals surface area (Å²) in [7, 11) is 0. The van der Waals surface area contributed by atoms with Crippen LogP contribution in [0.25, 0.3) is 0 Å². The molecule has 0 saturated carbocycles. The van der Waals surface area contributed by atoms with E-state index < -0.39 is 27.4 Å². The average Bonchev–Trinajstić information content (AvgIpc) is 3.60. The molecule has 3 aliphatic rings. The first-order chi connectivity index (χ1) is 22.1. The summed E-state index contributed by atoms with van der Waals surface area (Å²) in [5.41, 5.74) is 2.50. The lowest BCUT2D eigenvalue weighted by Gasteiger charge is -2.38. The van der Waals surface area contributed by atoms with Crippen molar-refractivity contribution < 1.29 is 19.5 Å². The van der Waals surface area contributed by atoms with Crippen molar-refractivity contribution in [3.05, 3.63) is 90.0 Å². The molecule has 3 saturated heterocycles. The monoisotopic (exact) mass is 663 g/mol. The maximum Gasteiger partial charge on any atom is 0.251 e. The topological polar surface area (TPSA) is 81.2 Å². The number of anilines is 1. The van der Waals surface area contributed by atoms with Crippen LogP contribution in [0.4, 0.5) is 5.69 Å². The van der Waals surface area contributed by atoms with Crippen molar-refractivity contribution in [2.75, 3.05) is 31.1 Å². The standard InChI is InChI=1S/C37H46ClN3O4S/c1-5-21-39(25-27-16-10-9-11-17-27)33(43)29-30-34(44)41(23-12-7-8-13-24-42)32(37(30)20-19-36(29,4)46-37)35(45)40(22-6-2)31-26(3)15-14-18-28(31)38/h5-6,9-11,14-18,29-30,32,42H,1-2,7-8,12-13,19-25H2,3-4H3/t29-,30+,32?,36+,37?/m1/s1. The minimum absolute atomic E-state index is 0.0560. The predicted molar refractivity (Wildman–Crippen MR) is 187 cm³/mol. The fraction of sp³-hybridized carbons (Fsp3) is 0.486. The summed E-state index contributed by atoms with van der Waals surface area (Å²) in [5, 5.41) is 9.75. The Morgan fingerprint density at radius 2 is 1.74 bits per heavy atom. The predicted octanol–water partition coefficient (Wildman–Crippen LogP) is 6.42. The second-order valence-corrected chi connectivity index (χ2v) is 15.3. The number of halogens is 1. The molecule has 2 unspecified atom stereocenters. The highest BCUT2D eigenvalue weighted by Gasteiger charge is 2.77. The van der Waals surface area contributed by atoms with Gasteiger partial charge >= 0.3 is 0 Å². The molecular formula is C37H46ClN3O4S. The molecule has 1 spiro atoms. The normalized spacial score (nSPS) is 26.2. The van der Waals surface area contributed by atoms with Gasteiger partial charge in [-0.15, -0.1) is 24.9 Å². The molecule has 1 N–H and O–H groups in total. The number of likely N-dealkylation sites (tertiary alicyclic amines) is 1. The van der Waals surface area contributed by atoms with E-state index in [4.69, 9.17) is 11.6 Å². The summed E-state index contributed by atoms with van der Waals surface area (Å²) in [6, 6.07) is 14.7. The number of aliphatic hydroxyl groups is 1. The van der Waals surface area contributed by atoms with Gasteiger partial charge in [0.15, 0.2) is 0 Å². The van der Waals surface area contributed by atoms with Crippen molar-refractivity contribution >= 4 is 46.8 Å². The summed E-state index contributed by atoms with van der Waals surface area (Å²) in [6.07, 6.45) is 7.93. The van der Waals surface area contributed by atoms with Crippen LogP contribution in [0.3, 0.4) is 0 Å². The second kappa shape index (κ2) is 14.4. The van der Waals surface area contributed by atoms with E-state index in [-0.39, 0.29) is 30.9 Å². The number of hydrogen-bond donors (Lipinski definition) is 1. The van der Waals surface area contributed by atoms with Gasteiger partial charge in [-0.05, 0) is 56.7 Å². The number of carbonyl (C=O) groups is 3. The third-order valence-corrected chi connectivity index (χ3v) is 12.3. The molecule has 2 aromatic rings. The Morgan fingerprint density at radius 1 is 1.02 bits per heavy atom.